The molecule has 1 rings (SSSR count). The minimum Gasteiger partial charge on any atom is -0.480 e. The molecule has 5 unspecified atom stereocenters. The normalized spacial score (nSPS) is 16.0. The lowest BCUT2D eigenvalue weighted by atomic mass is 10.0. The summed E-state index contributed by atoms with van der Waals surface area (Å²) in [5.74, 6) is -3.83. The highest BCUT2D eigenvalue weighted by Gasteiger charge is 2.31. The molecular formula is C18H30N6O6S. The Kier molecular flexibility index (Phi) is 10.4. The fraction of sp³-hybridized carbons (Fsp3) is 0.611. The fourth-order valence-electron chi connectivity index (χ4n) is 2.51. The molecule has 174 valence electrons. The molecule has 0 aliphatic rings. The Morgan fingerprint density at radius 1 is 1.10 bits per heavy atom. The van der Waals surface area contributed by atoms with E-state index in [2.05, 4.69) is 38.5 Å². The van der Waals surface area contributed by atoms with Crippen LogP contribution in [0.4, 0.5) is 0 Å². The van der Waals surface area contributed by atoms with Crippen molar-refractivity contribution in [3.05, 3.63) is 18.2 Å². The molecule has 0 saturated carbocycles. The summed E-state index contributed by atoms with van der Waals surface area (Å²) in [5.41, 5.74) is 6.41. The van der Waals surface area contributed by atoms with Crippen LogP contribution in [0, 0.1) is 5.92 Å². The molecule has 1 aromatic heterocycles. The second-order valence-electron chi connectivity index (χ2n) is 7.42. The maximum atomic E-state index is 12.8. The molecule has 0 spiro atoms. The van der Waals surface area contributed by atoms with Crippen LogP contribution in [-0.4, -0.2) is 79.9 Å². The van der Waals surface area contributed by atoms with Crippen LogP contribution in [0.2, 0.25) is 0 Å². The molecule has 0 fully saturated rings. The number of aromatic amines is 1. The summed E-state index contributed by atoms with van der Waals surface area (Å²) in [6.07, 6.45) is 1.59. The van der Waals surface area contributed by atoms with E-state index in [4.69, 9.17) is 10.8 Å². The largest absolute Gasteiger partial charge is 0.480 e. The molecule has 0 saturated heterocycles. The Hall–Kier alpha value is -2.64. The maximum Gasteiger partial charge on any atom is 0.328 e. The zero-order chi connectivity index (χ0) is 23.7. The highest BCUT2D eigenvalue weighted by molar-refractivity contribution is 7.80. The Labute approximate surface area is 185 Å². The molecule has 0 aliphatic carbocycles. The number of hydrogen-bond donors (Lipinski definition) is 8. The molecule has 1 aromatic rings. The summed E-state index contributed by atoms with van der Waals surface area (Å²) < 4.78 is 0. The molecule has 5 atom stereocenters. The lowest BCUT2D eigenvalue weighted by Crippen LogP contribution is -2.59. The van der Waals surface area contributed by atoms with Crippen LogP contribution in [0.3, 0.4) is 0 Å². The zero-order valence-electron chi connectivity index (χ0n) is 17.5. The van der Waals surface area contributed by atoms with E-state index >= 15 is 0 Å². The quantitative estimate of drug-likeness (QED) is 0.161. The van der Waals surface area contributed by atoms with Crippen molar-refractivity contribution in [3.63, 3.8) is 0 Å². The molecule has 12 nitrogen and oxygen atoms in total. The Morgan fingerprint density at radius 3 is 2.13 bits per heavy atom. The van der Waals surface area contributed by atoms with Crippen molar-refractivity contribution < 1.29 is 29.4 Å². The fourth-order valence-corrected chi connectivity index (χ4v) is 2.76. The van der Waals surface area contributed by atoms with Crippen LogP contribution >= 0.6 is 12.6 Å². The number of carbonyl (C=O) groups excluding carboxylic acids is 3. The van der Waals surface area contributed by atoms with E-state index in [9.17, 15) is 24.3 Å². The number of carboxylic acids is 1. The summed E-state index contributed by atoms with van der Waals surface area (Å²) in [7, 11) is 0. The number of amides is 3. The number of hydrogen-bond acceptors (Lipinski definition) is 8. The van der Waals surface area contributed by atoms with E-state index in [-0.39, 0.29) is 18.1 Å². The van der Waals surface area contributed by atoms with Gasteiger partial charge in [0.05, 0.1) is 18.5 Å². The van der Waals surface area contributed by atoms with Gasteiger partial charge < -0.3 is 36.9 Å². The van der Waals surface area contributed by atoms with Crippen LogP contribution in [0.5, 0.6) is 0 Å². The average Bonchev–Trinajstić information content (AvgIpc) is 3.20. The van der Waals surface area contributed by atoms with Crippen molar-refractivity contribution in [2.45, 2.75) is 57.5 Å². The van der Waals surface area contributed by atoms with Gasteiger partial charge >= 0.3 is 5.97 Å². The molecule has 31 heavy (non-hydrogen) atoms. The van der Waals surface area contributed by atoms with Gasteiger partial charge in [-0.05, 0) is 12.8 Å². The van der Waals surface area contributed by atoms with Gasteiger partial charge in [0.25, 0.3) is 0 Å². The summed E-state index contributed by atoms with van der Waals surface area (Å²) in [6, 6.07) is -4.70. The van der Waals surface area contributed by atoms with E-state index in [0.29, 0.717) is 5.69 Å². The first kappa shape index (κ1) is 26.4. The van der Waals surface area contributed by atoms with Gasteiger partial charge in [-0.3, -0.25) is 14.4 Å². The molecule has 1 heterocycles. The first-order chi connectivity index (χ1) is 14.5. The van der Waals surface area contributed by atoms with Crippen molar-refractivity contribution in [1.29, 1.82) is 0 Å². The Bertz CT molecular complexity index is 757. The van der Waals surface area contributed by atoms with E-state index in [1.54, 1.807) is 13.8 Å². The van der Waals surface area contributed by atoms with E-state index in [0.717, 1.165) is 0 Å². The first-order valence-electron chi connectivity index (χ1n) is 9.63. The number of rotatable bonds is 12. The number of carboxylic acid groups (broad SMARTS) is 1. The smallest absolute Gasteiger partial charge is 0.328 e. The number of H-pyrrole nitrogens is 1. The zero-order valence-corrected chi connectivity index (χ0v) is 18.4. The number of aromatic nitrogens is 2. The molecule has 0 bridgehead atoms. The third-order valence-electron chi connectivity index (χ3n) is 4.49. The van der Waals surface area contributed by atoms with Crippen molar-refractivity contribution in [1.82, 2.24) is 25.9 Å². The average molecular weight is 459 g/mol. The predicted octanol–water partition coefficient (Wildman–Crippen LogP) is -2.21. The van der Waals surface area contributed by atoms with Crippen molar-refractivity contribution in [2.75, 3.05) is 5.75 Å². The lowest BCUT2D eigenvalue weighted by Gasteiger charge is -2.25. The minimum atomic E-state index is -1.56. The standard InChI is InChI=1S/C18H30N6O6S/c1-8(2)13(19)17(28)22-11(4-10-5-20-7-21-10)15(26)23-12(6-31)16(27)24-14(9(3)25)18(29)30/h5,7-9,11-14,25,31H,4,6,19H2,1-3H3,(H,20,21)(H,22,28)(H,23,26)(H,24,27)(H,29,30). The van der Waals surface area contributed by atoms with Gasteiger partial charge in [-0.1, -0.05) is 13.8 Å². The molecule has 0 radical (unpaired) electrons. The third-order valence-corrected chi connectivity index (χ3v) is 4.86. The summed E-state index contributed by atoms with van der Waals surface area (Å²) in [6.45, 7) is 4.73. The number of carbonyl (C=O) groups is 4. The van der Waals surface area contributed by atoms with Gasteiger partial charge in [-0.15, -0.1) is 0 Å². The number of nitrogens with two attached hydrogens (primary N) is 1. The topological polar surface area (TPSA) is 200 Å². The number of aliphatic hydroxyl groups excluding tert-OH is 1. The number of imidazole rings is 1. The van der Waals surface area contributed by atoms with Gasteiger partial charge in [0.1, 0.15) is 12.1 Å². The molecular weight excluding hydrogens is 428 g/mol. The molecule has 8 N–H and O–H groups in total. The van der Waals surface area contributed by atoms with E-state index in [1.165, 1.54) is 19.4 Å². The Morgan fingerprint density at radius 2 is 1.68 bits per heavy atom. The second-order valence-corrected chi connectivity index (χ2v) is 7.79. The second kappa shape index (κ2) is 12.3. The van der Waals surface area contributed by atoms with Gasteiger partial charge in [-0.2, -0.15) is 12.6 Å². The van der Waals surface area contributed by atoms with Crippen LogP contribution in [-0.2, 0) is 25.6 Å². The monoisotopic (exact) mass is 458 g/mol. The van der Waals surface area contributed by atoms with Crippen LogP contribution in [0.1, 0.15) is 26.5 Å². The number of nitrogens with one attached hydrogen (secondary N) is 4. The summed E-state index contributed by atoms with van der Waals surface area (Å²) in [4.78, 5) is 55.5. The van der Waals surface area contributed by atoms with Gasteiger partial charge in [0.15, 0.2) is 6.04 Å². The summed E-state index contributed by atoms with van der Waals surface area (Å²) in [5, 5.41) is 25.8. The van der Waals surface area contributed by atoms with Crippen molar-refractivity contribution >= 4 is 36.3 Å². The van der Waals surface area contributed by atoms with Crippen molar-refractivity contribution in [2.24, 2.45) is 11.7 Å². The molecule has 13 heteroatoms. The number of aliphatic hydroxyl groups is 1. The van der Waals surface area contributed by atoms with Gasteiger partial charge in [-0.25, -0.2) is 9.78 Å². The molecule has 0 aromatic carbocycles. The number of thiol groups is 1. The van der Waals surface area contributed by atoms with Crippen LogP contribution in [0.25, 0.3) is 0 Å². The van der Waals surface area contributed by atoms with Crippen LogP contribution < -0.4 is 21.7 Å². The Balaban J connectivity index is 2.94. The maximum absolute atomic E-state index is 12.8. The van der Waals surface area contributed by atoms with E-state index in [1.807, 2.05) is 0 Å². The van der Waals surface area contributed by atoms with Gasteiger partial charge in [0, 0.05) is 24.1 Å². The number of aliphatic carboxylic acids is 1. The van der Waals surface area contributed by atoms with Crippen LogP contribution in [0.15, 0.2) is 12.5 Å². The van der Waals surface area contributed by atoms with E-state index < -0.39 is 54.0 Å². The molecule has 3 amide bonds. The predicted molar refractivity (Wildman–Crippen MR) is 114 cm³/mol. The lowest BCUT2D eigenvalue weighted by molar-refractivity contribution is -0.145. The van der Waals surface area contributed by atoms with Crippen molar-refractivity contribution in [3.8, 4) is 0 Å². The summed E-state index contributed by atoms with van der Waals surface area (Å²) >= 11 is 4.03. The first-order valence-corrected chi connectivity index (χ1v) is 10.3. The SMILES string of the molecule is CC(C)C(N)C(=O)NC(Cc1cnc[nH]1)C(=O)NC(CS)C(=O)NC(C(=O)O)C(C)O. The highest BCUT2D eigenvalue weighted by atomic mass is 32.1. The van der Waals surface area contributed by atoms with Gasteiger partial charge in [0.2, 0.25) is 17.7 Å². The molecule has 0 aliphatic heterocycles. The minimum absolute atomic E-state index is 0.0503. The highest BCUT2D eigenvalue weighted by Crippen LogP contribution is 2.04. The third kappa shape index (κ3) is 8.19. The number of nitrogens with zero attached hydrogens (tertiary/aromatic N) is 1.